The number of piperazine rings is 1. The lowest BCUT2D eigenvalue weighted by Crippen LogP contribution is -2.53. The number of carbonyl (C=O) groups excluding carboxylic acids is 1. The molecule has 0 bridgehead atoms. The van der Waals surface area contributed by atoms with Crippen LogP contribution in [0.1, 0.15) is 33.6 Å². The molecule has 1 aliphatic rings. The predicted octanol–water partition coefficient (Wildman–Crippen LogP) is 1.47. The Labute approximate surface area is 158 Å². The molecule has 7 heteroatoms. The highest BCUT2D eigenvalue weighted by Gasteiger charge is 2.20. The number of carbonyl (C=O) groups is 1. The number of guanidine groups is 1. The van der Waals surface area contributed by atoms with Crippen molar-refractivity contribution in [2.75, 3.05) is 59.4 Å². The van der Waals surface area contributed by atoms with Gasteiger partial charge in [0.2, 0.25) is 5.91 Å². The minimum Gasteiger partial charge on any atom is -0.357 e. The summed E-state index contributed by atoms with van der Waals surface area (Å²) in [6, 6.07) is 0. The molecular weight excluding hydrogens is 405 g/mol. The van der Waals surface area contributed by atoms with E-state index < -0.39 is 0 Å². The number of hydrogen-bond donors (Lipinski definition) is 1. The van der Waals surface area contributed by atoms with Gasteiger partial charge in [0.1, 0.15) is 0 Å². The van der Waals surface area contributed by atoms with Gasteiger partial charge in [-0.05, 0) is 26.9 Å². The fraction of sp³-hybridized carbons (Fsp3) is 0.875. The Morgan fingerprint density at radius 2 is 1.74 bits per heavy atom. The van der Waals surface area contributed by atoms with Crippen LogP contribution in [-0.4, -0.2) is 86.0 Å². The van der Waals surface area contributed by atoms with Crippen molar-refractivity contribution < 1.29 is 4.79 Å². The first-order chi connectivity index (χ1) is 10.6. The van der Waals surface area contributed by atoms with E-state index in [1.807, 2.05) is 4.90 Å². The Hall–Kier alpha value is -0.570. The first-order valence-electron chi connectivity index (χ1n) is 8.55. The number of unbranched alkanes of at least 4 members (excludes halogenated alkanes) is 1. The van der Waals surface area contributed by atoms with Crippen LogP contribution in [0.3, 0.4) is 0 Å². The van der Waals surface area contributed by atoms with Gasteiger partial charge in [0, 0.05) is 46.2 Å². The molecule has 1 amide bonds. The zero-order valence-electron chi connectivity index (χ0n) is 15.2. The van der Waals surface area contributed by atoms with E-state index in [-0.39, 0.29) is 29.9 Å². The maximum absolute atomic E-state index is 11.4. The summed E-state index contributed by atoms with van der Waals surface area (Å²) < 4.78 is 0. The van der Waals surface area contributed by atoms with Crippen molar-refractivity contribution in [2.45, 2.75) is 33.6 Å². The largest absolute Gasteiger partial charge is 0.357 e. The number of hydrogen-bond acceptors (Lipinski definition) is 3. The highest BCUT2D eigenvalue weighted by atomic mass is 127. The molecule has 0 aromatic carbocycles. The van der Waals surface area contributed by atoms with Crippen LogP contribution in [0.2, 0.25) is 0 Å². The molecule has 0 unspecified atom stereocenters. The number of aliphatic imine (C=N–C) groups is 1. The third-order valence-electron chi connectivity index (χ3n) is 4.00. The standard InChI is InChI=1S/C16H33N5O.HI/c1-5-7-9-19(4)10-8-18-16(17-6-2)21-13-11-20(12-14-21)15(3)22;/h5-14H2,1-4H3,(H,17,18);1H. The molecule has 0 aliphatic carbocycles. The number of nitrogens with zero attached hydrogens (tertiary/aromatic N) is 4. The number of amides is 1. The van der Waals surface area contributed by atoms with Gasteiger partial charge in [-0.1, -0.05) is 13.3 Å². The molecule has 0 aromatic heterocycles. The molecule has 1 aliphatic heterocycles. The molecule has 0 saturated carbocycles. The summed E-state index contributed by atoms with van der Waals surface area (Å²) >= 11 is 0. The zero-order valence-corrected chi connectivity index (χ0v) is 17.5. The molecule has 0 atom stereocenters. The van der Waals surface area contributed by atoms with Crippen molar-refractivity contribution in [1.82, 2.24) is 20.0 Å². The highest BCUT2D eigenvalue weighted by molar-refractivity contribution is 14.0. The number of halogens is 1. The van der Waals surface area contributed by atoms with E-state index in [2.05, 4.69) is 36.0 Å². The topological polar surface area (TPSA) is 51.2 Å². The van der Waals surface area contributed by atoms with Crippen LogP contribution in [-0.2, 0) is 4.79 Å². The summed E-state index contributed by atoms with van der Waals surface area (Å²) in [6.07, 6.45) is 2.48. The molecule has 1 heterocycles. The van der Waals surface area contributed by atoms with Crippen LogP contribution in [0.15, 0.2) is 4.99 Å². The van der Waals surface area contributed by atoms with Crippen molar-refractivity contribution >= 4 is 35.8 Å². The molecule has 136 valence electrons. The molecule has 6 nitrogen and oxygen atoms in total. The third kappa shape index (κ3) is 8.74. The molecule has 0 spiro atoms. The second kappa shape index (κ2) is 12.8. The van der Waals surface area contributed by atoms with E-state index in [0.29, 0.717) is 0 Å². The summed E-state index contributed by atoms with van der Waals surface area (Å²) in [6.45, 7) is 13.1. The summed E-state index contributed by atoms with van der Waals surface area (Å²) in [5, 5.41) is 3.37. The summed E-state index contributed by atoms with van der Waals surface area (Å²) in [7, 11) is 2.16. The fourth-order valence-electron chi connectivity index (χ4n) is 2.53. The van der Waals surface area contributed by atoms with Gasteiger partial charge in [0.15, 0.2) is 5.96 Å². The van der Waals surface area contributed by atoms with Crippen LogP contribution in [0.4, 0.5) is 0 Å². The van der Waals surface area contributed by atoms with E-state index in [0.717, 1.165) is 58.3 Å². The second-order valence-electron chi connectivity index (χ2n) is 5.89. The van der Waals surface area contributed by atoms with E-state index in [9.17, 15) is 4.79 Å². The summed E-state index contributed by atoms with van der Waals surface area (Å²) in [4.78, 5) is 22.6. The minimum atomic E-state index is 0. The van der Waals surface area contributed by atoms with Crippen LogP contribution >= 0.6 is 24.0 Å². The molecule has 1 saturated heterocycles. The van der Waals surface area contributed by atoms with Crippen molar-refractivity contribution in [3.05, 3.63) is 0 Å². The predicted molar refractivity (Wildman–Crippen MR) is 108 cm³/mol. The number of likely N-dealkylation sites (N-methyl/N-ethyl adjacent to an activating group) is 1. The number of nitrogens with one attached hydrogen (secondary N) is 1. The molecule has 1 rings (SSSR count). The lowest BCUT2D eigenvalue weighted by molar-refractivity contribution is -0.130. The minimum absolute atomic E-state index is 0. The lowest BCUT2D eigenvalue weighted by Gasteiger charge is -2.36. The van der Waals surface area contributed by atoms with E-state index >= 15 is 0 Å². The Morgan fingerprint density at radius 3 is 2.26 bits per heavy atom. The Bertz CT molecular complexity index is 356. The average molecular weight is 439 g/mol. The van der Waals surface area contributed by atoms with Gasteiger partial charge in [-0.25, -0.2) is 0 Å². The van der Waals surface area contributed by atoms with E-state index in [4.69, 9.17) is 4.99 Å². The summed E-state index contributed by atoms with van der Waals surface area (Å²) in [5.74, 6) is 1.15. The van der Waals surface area contributed by atoms with Gasteiger partial charge >= 0.3 is 0 Å². The second-order valence-corrected chi connectivity index (χ2v) is 5.89. The lowest BCUT2D eigenvalue weighted by atomic mass is 10.3. The van der Waals surface area contributed by atoms with Gasteiger partial charge in [-0.2, -0.15) is 0 Å². The average Bonchev–Trinajstić information content (AvgIpc) is 2.52. The van der Waals surface area contributed by atoms with Crippen LogP contribution in [0, 0.1) is 0 Å². The van der Waals surface area contributed by atoms with Crippen LogP contribution in [0.5, 0.6) is 0 Å². The molecule has 0 aromatic rings. The first kappa shape index (κ1) is 22.4. The van der Waals surface area contributed by atoms with Crippen LogP contribution < -0.4 is 5.32 Å². The van der Waals surface area contributed by atoms with Crippen molar-refractivity contribution in [2.24, 2.45) is 4.99 Å². The normalized spacial score (nSPS) is 15.6. The van der Waals surface area contributed by atoms with Gasteiger partial charge < -0.3 is 20.0 Å². The molecule has 1 fully saturated rings. The first-order valence-corrected chi connectivity index (χ1v) is 8.55. The smallest absolute Gasteiger partial charge is 0.219 e. The fourth-order valence-corrected chi connectivity index (χ4v) is 2.53. The molecule has 0 radical (unpaired) electrons. The SMILES string of the molecule is CCCCN(C)CCN=C(NCC)N1CCN(C(C)=O)CC1.I. The monoisotopic (exact) mass is 439 g/mol. The molecule has 1 N–H and O–H groups in total. The Balaban J connectivity index is 0.00000484. The quantitative estimate of drug-likeness (QED) is 0.371. The summed E-state index contributed by atoms with van der Waals surface area (Å²) in [5.41, 5.74) is 0. The van der Waals surface area contributed by atoms with Crippen molar-refractivity contribution in [1.29, 1.82) is 0 Å². The van der Waals surface area contributed by atoms with E-state index in [1.165, 1.54) is 12.8 Å². The van der Waals surface area contributed by atoms with E-state index in [1.54, 1.807) is 6.92 Å². The maximum atomic E-state index is 11.4. The van der Waals surface area contributed by atoms with Gasteiger partial charge in [0.05, 0.1) is 6.54 Å². The van der Waals surface area contributed by atoms with Gasteiger partial charge in [-0.3, -0.25) is 9.79 Å². The number of rotatable bonds is 7. The zero-order chi connectivity index (χ0) is 16.4. The Morgan fingerprint density at radius 1 is 1.13 bits per heavy atom. The van der Waals surface area contributed by atoms with Gasteiger partial charge in [-0.15, -0.1) is 24.0 Å². The van der Waals surface area contributed by atoms with Gasteiger partial charge in [0.25, 0.3) is 0 Å². The molecular formula is C16H34IN5O. The third-order valence-corrected chi connectivity index (χ3v) is 4.00. The maximum Gasteiger partial charge on any atom is 0.219 e. The Kier molecular flexibility index (Phi) is 12.5. The molecule has 23 heavy (non-hydrogen) atoms. The highest BCUT2D eigenvalue weighted by Crippen LogP contribution is 2.03. The van der Waals surface area contributed by atoms with Crippen LogP contribution in [0.25, 0.3) is 0 Å². The van der Waals surface area contributed by atoms with Crippen molar-refractivity contribution in [3.8, 4) is 0 Å². The van der Waals surface area contributed by atoms with Crippen molar-refractivity contribution in [3.63, 3.8) is 0 Å².